The SMILES string of the molecule is CC(C)C1C(=O)NCCN1S(=O)(=O)c1ccc(Br)cc1Br. The Morgan fingerprint density at radius 2 is 2.00 bits per heavy atom. The van der Waals surface area contributed by atoms with Gasteiger partial charge in [-0.05, 0) is 40.0 Å². The lowest BCUT2D eigenvalue weighted by molar-refractivity contribution is -0.128. The van der Waals surface area contributed by atoms with Gasteiger partial charge in [-0.3, -0.25) is 4.79 Å². The molecule has 1 aromatic carbocycles. The Hall–Kier alpha value is -0.440. The molecule has 1 unspecified atom stereocenters. The van der Waals surface area contributed by atoms with Gasteiger partial charge in [0, 0.05) is 22.0 Å². The van der Waals surface area contributed by atoms with Crippen LogP contribution in [0.15, 0.2) is 32.0 Å². The van der Waals surface area contributed by atoms with Crippen LogP contribution in [0.5, 0.6) is 0 Å². The van der Waals surface area contributed by atoms with Crippen LogP contribution < -0.4 is 5.32 Å². The largest absolute Gasteiger partial charge is 0.353 e. The lowest BCUT2D eigenvalue weighted by Gasteiger charge is -2.36. The van der Waals surface area contributed by atoms with Crippen LogP contribution in [0, 0.1) is 5.92 Å². The first-order chi connectivity index (χ1) is 9.75. The zero-order valence-electron chi connectivity index (χ0n) is 11.6. The van der Waals surface area contributed by atoms with Gasteiger partial charge in [0.25, 0.3) is 0 Å². The fourth-order valence-corrected chi connectivity index (χ4v) is 5.81. The normalized spacial score (nSPS) is 20.6. The minimum absolute atomic E-state index is 0.103. The highest BCUT2D eigenvalue weighted by molar-refractivity contribution is 9.11. The van der Waals surface area contributed by atoms with Crippen molar-refractivity contribution in [1.82, 2.24) is 9.62 Å². The number of hydrogen-bond acceptors (Lipinski definition) is 3. The third-order valence-electron chi connectivity index (χ3n) is 3.32. The van der Waals surface area contributed by atoms with Crippen LogP contribution in [0.4, 0.5) is 0 Å². The minimum atomic E-state index is -3.73. The number of sulfonamides is 1. The van der Waals surface area contributed by atoms with Crippen molar-refractivity contribution < 1.29 is 13.2 Å². The summed E-state index contributed by atoms with van der Waals surface area (Å²) < 4.78 is 28.3. The Balaban J connectivity index is 2.48. The summed E-state index contributed by atoms with van der Waals surface area (Å²) in [5.74, 6) is -0.345. The summed E-state index contributed by atoms with van der Waals surface area (Å²) in [6.07, 6.45) is 0. The number of piperazine rings is 1. The second-order valence-corrected chi connectivity index (χ2v) is 8.80. The van der Waals surface area contributed by atoms with E-state index in [-0.39, 0.29) is 23.3 Å². The molecule has 1 heterocycles. The Morgan fingerprint density at radius 3 is 2.57 bits per heavy atom. The Morgan fingerprint density at radius 1 is 1.33 bits per heavy atom. The molecule has 5 nitrogen and oxygen atoms in total. The van der Waals surface area contributed by atoms with Crippen LogP contribution in [0.25, 0.3) is 0 Å². The molecule has 0 aliphatic carbocycles. The zero-order chi connectivity index (χ0) is 15.8. The van der Waals surface area contributed by atoms with E-state index in [1.807, 2.05) is 13.8 Å². The monoisotopic (exact) mass is 438 g/mol. The van der Waals surface area contributed by atoms with Crippen LogP contribution in [0.3, 0.4) is 0 Å². The Labute approximate surface area is 141 Å². The van der Waals surface area contributed by atoms with Gasteiger partial charge < -0.3 is 5.32 Å². The molecule has 2 rings (SSSR count). The number of benzene rings is 1. The highest BCUT2D eigenvalue weighted by Gasteiger charge is 2.40. The van der Waals surface area contributed by atoms with Gasteiger partial charge in [0.2, 0.25) is 15.9 Å². The molecule has 1 aromatic rings. The first-order valence-electron chi connectivity index (χ1n) is 6.49. The van der Waals surface area contributed by atoms with E-state index in [0.717, 1.165) is 4.47 Å². The molecule has 0 aromatic heterocycles. The minimum Gasteiger partial charge on any atom is -0.353 e. The van der Waals surface area contributed by atoms with E-state index in [0.29, 0.717) is 11.0 Å². The van der Waals surface area contributed by atoms with Crippen molar-refractivity contribution in [3.05, 3.63) is 27.1 Å². The Kier molecular flexibility index (Phi) is 5.12. The zero-order valence-corrected chi connectivity index (χ0v) is 15.6. The van der Waals surface area contributed by atoms with Gasteiger partial charge >= 0.3 is 0 Å². The number of nitrogens with zero attached hydrogens (tertiary/aromatic N) is 1. The van der Waals surface area contributed by atoms with E-state index in [1.54, 1.807) is 12.1 Å². The molecular formula is C13H16Br2N2O3S. The molecule has 0 spiro atoms. The second-order valence-electron chi connectivity index (χ2n) is 5.17. The first-order valence-corrected chi connectivity index (χ1v) is 9.52. The molecule has 1 amide bonds. The van der Waals surface area contributed by atoms with Crippen molar-refractivity contribution in [3.63, 3.8) is 0 Å². The summed E-state index contributed by atoms with van der Waals surface area (Å²) in [5.41, 5.74) is 0. The van der Waals surface area contributed by atoms with Crippen molar-refractivity contribution in [3.8, 4) is 0 Å². The lowest BCUT2D eigenvalue weighted by Crippen LogP contribution is -2.59. The van der Waals surface area contributed by atoms with E-state index >= 15 is 0 Å². The summed E-state index contributed by atoms with van der Waals surface area (Å²) in [6.45, 7) is 4.29. The number of carbonyl (C=O) groups is 1. The quantitative estimate of drug-likeness (QED) is 0.785. The highest BCUT2D eigenvalue weighted by atomic mass is 79.9. The molecular weight excluding hydrogens is 424 g/mol. The maximum Gasteiger partial charge on any atom is 0.244 e. The average Bonchev–Trinajstić information content (AvgIpc) is 2.37. The number of carbonyl (C=O) groups excluding carboxylic acids is 1. The Bertz CT molecular complexity index is 661. The van der Waals surface area contributed by atoms with Crippen LogP contribution in [-0.4, -0.2) is 37.8 Å². The second kappa shape index (κ2) is 6.36. The average molecular weight is 440 g/mol. The number of nitrogens with one attached hydrogen (secondary N) is 1. The maximum atomic E-state index is 12.9. The van der Waals surface area contributed by atoms with Crippen molar-refractivity contribution in [1.29, 1.82) is 0 Å². The highest BCUT2D eigenvalue weighted by Crippen LogP contribution is 2.30. The predicted octanol–water partition coefficient (Wildman–Crippen LogP) is 2.36. The van der Waals surface area contributed by atoms with Gasteiger partial charge in [-0.25, -0.2) is 8.42 Å². The van der Waals surface area contributed by atoms with Gasteiger partial charge in [0.05, 0.1) is 4.90 Å². The number of amides is 1. The summed E-state index contributed by atoms with van der Waals surface area (Å²) in [7, 11) is -3.73. The molecule has 1 fully saturated rings. The van der Waals surface area contributed by atoms with Gasteiger partial charge in [0.15, 0.2) is 0 Å². The van der Waals surface area contributed by atoms with Crippen LogP contribution in [0.1, 0.15) is 13.8 Å². The standard InChI is InChI=1S/C13H16Br2N2O3S/c1-8(2)12-13(18)16-5-6-17(12)21(19,20)11-4-3-9(14)7-10(11)15/h3-4,7-8,12H,5-6H2,1-2H3,(H,16,18). The van der Waals surface area contributed by atoms with Gasteiger partial charge in [-0.2, -0.15) is 4.31 Å². The number of hydrogen-bond donors (Lipinski definition) is 1. The smallest absolute Gasteiger partial charge is 0.244 e. The van der Waals surface area contributed by atoms with E-state index in [2.05, 4.69) is 37.2 Å². The molecule has 1 aliphatic rings. The summed E-state index contributed by atoms with van der Waals surface area (Å²) in [5, 5.41) is 2.73. The number of halogens is 2. The van der Waals surface area contributed by atoms with Crippen LogP contribution in [-0.2, 0) is 14.8 Å². The summed E-state index contributed by atoms with van der Waals surface area (Å²) in [6, 6.07) is 4.21. The molecule has 8 heteroatoms. The third-order valence-corrected chi connectivity index (χ3v) is 6.67. The van der Waals surface area contributed by atoms with Crippen molar-refractivity contribution >= 4 is 47.8 Å². The van der Waals surface area contributed by atoms with Gasteiger partial charge in [0.1, 0.15) is 6.04 Å². The summed E-state index contributed by atoms with van der Waals surface area (Å²) >= 11 is 6.59. The topological polar surface area (TPSA) is 66.5 Å². The fourth-order valence-electron chi connectivity index (χ4n) is 2.38. The van der Waals surface area contributed by atoms with Crippen molar-refractivity contribution in [2.45, 2.75) is 24.8 Å². The molecule has 1 N–H and O–H groups in total. The van der Waals surface area contributed by atoms with Crippen molar-refractivity contribution in [2.24, 2.45) is 5.92 Å². The van der Waals surface area contributed by atoms with Crippen molar-refractivity contribution in [2.75, 3.05) is 13.1 Å². The molecule has 1 saturated heterocycles. The molecule has 0 saturated carbocycles. The molecule has 1 atom stereocenters. The van der Waals surface area contributed by atoms with Crippen LogP contribution in [0.2, 0.25) is 0 Å². The third kappa shape index (κ3) is 3.33. The summed E-state index contributed by atoms with van der Waals surface area (Å²) in [4.78, 5) is 12.2. The molecule has 0 radical (unpaired) electrons. The van der Waals surface area contributed by atoms with Gasteiger partial charge in [-0.1, -0.05) is 29.8 Å². The van der Waals surface area contributed by atoms with E-state index in [9.17, 15) is 13.2 Å². The van der Waals surface area contributed by atoms with E-state index in [1.165, 1.54) is 10.4 Å². The lowest BCUT2D eigenvalue weighted by atomic mass is 10.0. The molecule has 1 aliphatic heterocycles. The molecule has 0 bridgehead atoms. The fraction of sp³-hybridized carbons (Fsp3) is 0.462. The van der Waals surface area contributed by atoms with Crippen LogP contribution >= 0.6 is 31.9 Å². The molecule has 116 valence electrons. The maximum absolute atomic E-state index is 12.9. The first kappa shape index (κ1) is 16.9. The molecule has 21 heavy (non-hydrogen) atoms. The van der Waals surface area contributed by atoms with E-state index in [4.69, 9.17) is 0 Å². The van der Waals surface area contributed by atoms with Gasteiger partial charge in [-0.15, -0.1) is 0 Å². The predicted molar refractivity (Wildman–Crippen MR) is 87.4 cm³/mol. The van der Waals surface area contributed by atoms with E-state index < -0.39 is 16.1 Å². The number of rotatable bonds is 3.